The van der Waals surface area contributed by atoms with E-state index in [1.54, 1.807) is 13.0 Å². The second-order valence-corrected chi connectivity index (χ2v) is 5.84. The molecule has 0 bridgehead atoms. The third-order valence-electron chi connectivity index (χ3n) is 3.63. The van der Waals surface area contributed by atoms with Gasteiger partial charge in [0, 0.05) is 6.08 Å². The van der Waals surface area contributed by atoms with Crippen LogP contribution in [0.3, 0.4) is 0 Å². The van der Waals surface area contributed by atoms with Crippen LogP contribution in [0.1, 0.15) is 18.1 Å². The van der Waals surface area contributed by atoms with E-state index in [-0.39, 0.29) is 13.2 Å². The van der Waals surface area contributed by atoms with E-state index in [9.17, 15) is 14.4 Å². The molecule has 2 aromatic carbocycles. The molecule has 0 aliphatic rings. The number of rotatable bonds is 8. The largest absolute Gasteiger partial charge is 0.460 e. The maximum Gasteiger partial charge on any atom is 0.325 e. The topological polar surface area (TPSA) is 84.5 Å². The summed E-state index contributed by atoms with van der Waals surface area (Å²) >= 11 is 0. The van der Waals surface area contributed by atoms with Gasteiger partial charge in [-0.15, -0.1) is 0 Å². The van der Waals surface area contributed by atoms with Crippen molar-refractivity contribution < 1.29 is 19.1 Å². The first kappa shape index (κ1) is 19.9. The van der Waals surface area contributed by atoms with Gasteiger partial charge in [-0.2, -0.15) is 0 Å². The van der Waals surface area contributed by atoms with Gasteiger partial charge in [0.2, 0.25) is 11.8 Å². The van der Waals surface area contributed by atoms with Gasteiger partial charge in [-0.25, -0.2) is 0 Å². The zero-order valence-electron chi connectivity index (χ0n) is 15.1. The van der Waals surface area contributed by atoms with Gasteiger partial charge in [0.25, 0.3) is 0 Å². The predicted octanol–water partition coefficient (Wildman–Crippen LogP) is 2.06. The Morgan fingerprint density at radius 2 is 1.63 bits per heavy atom. The van der Waals surface area contributed by atoms with Crippen LogP contribution in [0.5, 0.6) is 0 Å². The predicted molar refractivity (Wildman–Crippen MR) is 102 cm³/mol. The highest BCUT2D eigenvalue weighted by Crippen LogP contribution is 2.01. The zero-order chi connectivity index (χ0) is 19.5. The first-order valence-corrected chi connectivity index (χ1v) is 8.55. The summed E-state index contributed by atoms with van der Waals surface area (Å²) in [6.45, 7) is 1.43. The van der Waals surface area contributed by atoms with E-state index in [0.29, 0.717) is 0 Å². The molecule has 27 heavy (non-hydrogen) atoms. The Morgan fingerprint density at radius 1 is 1.00 bits per heavy atom. The molecule has 6 heteroatoms. The molecule has 6 nitrogen and oxygen atoms in total. The normalized spacial score (nSPS) is 11.6. The SMILES string of the molecule is C[C@@H](NC(=O)/C=C/c1ccccc1)C(=O)NCC(=O)OCc1ccccc1. The minimum Gasteiger partial charge on any atom is -0.460 e. The Bertz CT molecular complexity index is 788. The number of carbonyl (C=O) groups is 3. The van der Waals surface area contributed by atoms with Crippen molar-refractivity contribution in [2.45, 2.75) is 19.6 Å². The van der Waals surface area contributed by atoms with Gasteiger partial charge in [0.15, 0.2) is 0 Å². The van der Waals surface area contributed by atoms with Crippen molar-refractivity contribution in [2.75, 3.05) is 6.54 Å². The summed E-state index contributed by atoms with van der Waals surface area (Å²) in [6, 6.07) is 17.8. The van der Waals surface area contributed by atoms with Crippen LogP contribution in [0.25, 0.3) is 6.08 Å². The van der Waals surface area contributed by atoms with Gasteiger partial charge >= 0.3 is 5.97 Å². The summed E-state index contributed by atoms with van der Waals surface area (Å²) in [5, 5.41) is 4.99. The summed E-state index contributed by atoms with van der Waals surface area (Å²) in [7, 11) is 0. The van der Waals surface area contributed by atoms with Gasteiger partial charge in [-0.05, 0) is 24.1 Å². The van der Waals surface area contributed by atoms with E-state index in [4.69, 9.17) is 4.74 Å². The lowest BCUT2D eigenvalue weighted by molar-refractivity contribution is -0.145. The van der Waals surface area contributed by atoms with Crippen LogP contribution in [0.4, 0.5) is 0 Å². The molecule has 0 heterocycles. The molecule has 2 rings (SSSR count). The van der Waals surface area contributed by atoms with Crippen molar-refractivity contribution in [1.29, 1.82) is 0 Å². The molecule has 0 radical (unpaired) electrons. The third kappa shape index (κ3) is 7.56. The van der Waals surface area contributed by atoms with E-state index in [2.05, 4.69) is 10.6 Å². The molecular weight excluding hydrogens is 344 g/mol. The molecule has 0 aliphatic heterocycles. The lowest BCUT2D eigenvalue weighted by Crippen LogP contribution is -2.45. The molecule has 0 spiro atoms. The number of esters is 1. The van der Waals surface area contributed by atoms with Crippen molar-refractivity contribution in [1.82, 2.24) is 10.6 Å². The molecule has 1 atom stereocenters. The summed E-state index contributed by atoms with van der Waals surface area (Å²) < 4.78 is 5.07. The zero-order valence-corrected chi connectivity index (χ0v) is 15.1. The molecular formula is C21H22N2O4. The van der Waals surface area contributed by atoms with Crippen molar-refractivity contribution in [3.63, 3.8) is 0 Å². The molecule has 0 aliphatic carbocycles. The number of hydrogen-bond donors (Lipinski definition) is 2. The molecule has 0 saturated heterocycles. The van der Waals surface area contributed by atoms with Gasteiger partial charge in [-0.1, -0.05) is 60.7 Å². The Kier molecular flexibility index (Phi) is 7.78. The monoisotopic (exact) mass is 366 g/mol. The standard InChI is InChI=1S/C21H22N2O4/c1-16(23-19(24)13-12-17-8-4-2-5-9-17)21(26)22-14-20(25)27-15-18-10-6-3-7-11-18/h2-13,16H,14-15H2,1H3,(H,22,26)(H,23,24)/b13-12+/t16-/m1/s1. The maximum atomic E-state index is 12.0. The molecule has 0 saturated carbocycles. The average molecular weight is 366 g/mol. The maximum absolute atomic E-state index is 12.0. The summed E-state index contributed by atoms with van der Waals surface area (Å²) in [5.74, 6) is -1.41. The fourth-order valence-electron chi connectivity index (χ4n) is 2.16. The lowest BCUT2D eigenvalue weighted by Gasteiger charge is -2.12. The fraction of sp³-hybridized carbons (Fsp3) is 0.190. The second kappa shape index (κ2) is 10.6. The van der Waals surface area contributed by atoms with Crippen molar-refractivity contribution in [2.24, 2.45) is 0 Å². The van der Waals surface area contributed by atoms with Crippen molar-refractivity contribution >= 4 is 23.9 Å². The Labute approximate surface area is 158 Å². The summed E-state index contributed by atoms with van der Waals surface area (Å²) in [4.78, 5) is 35.5. The minimum atomic E-state index is -0.778. The Hall–Kier alpha value is -3.41. The van der Waals surface area contributed by atoms with Crippen LogP contribution in [0.15, 0.2) is 66.7 Å². The first-order valence-electron chi connectivity index (χ1n) is 8.55. The minimum absolute atomic E-state index is 0.145. The fourth-order valence-corrected chi connectivity index (χ4v) is 2.16. The van der Waals surface area contributed by atoms with Gasteiger partial charge < -0.3 is 15.4 Å². The van der Waals surface area contributed by atoms with Crippen LogP contribution in [-0.4, -0.2) is 30.4 Å². The number of nitrogens with one attached hydrogen (secondary N) is 2. The second-order valence-electron chi connectivity index (χ2n) is 5.84. The van der Waals surface area contributed by atoms with Crippen LogP contribution < -0.4 is 10.6 Å². The van der Waals surface area contributed by atoms with Gasteiger partial charge in [0.05, 0.1) is 0 Å². The van der Waals surface area contributed by atoms with Crippen LogP contribution in [-0.2, 0) is 25.7 Å². The smallest absolute Gasteiger partial charge is 0.325 e. The molecule has 0 aromatic heterocycles. The van der Waals surface area contributed by atoms with E-state index >= 15 is 0 Å². The lowest BCUT2D eigenvalue weighted by atomic mass is 10.2. The van der Waals surface area contributed by atoms with Crippen molar-refractivity contribution in [3.05, 3.63) is 77.9 Å². The summed E-state index contributed by atoms with van der Waals surface area (Å²) in [5.41, 5.74) is 1.74. The average Bonchev–Trinajstić information content (AvgIpc) is 2.70. The molecule has 0 fully saturated rings. The molecule has 2 amide bonds. The van der Waals surface area contributed by atoms with Crippen molar-refractivity contribution in [3.8, 4) is 0 Å². The van der Waals surface area contributed by atoms with E-state index in [1.165, 1.54) is 6.08 Å². The van der Waals surface area contributed by atoms with E-state index in [1.807, 2.05) is 60.7 Å². The number of benzene rings is 2. The Morgan fingerprint density at radius 3 is 2.30 bits per heavy atom. The van der Waals surface area contributed by atoms with E-state index < -0.39 is 23.8 Å². The summed E-state index contributed by atoms with van der Waals surface area (Å²) in [6.07, 6.45) is 3.01. The first-order chi connectivity index (χ1) is 13.0. The number of amides is 2. The van der Waals surface area contributed by atoms with Crippen LogP contribution in [0.2, 0.25) is 0 Å². The molecule has 0 unspecified atom stereocenters. The number of hydrogen-bond acceptors (Lipinski definition) is 4. The molecule has 2 aromatic rings. The molecule has 2 N–H and O–H groups in total. The highest BCUT2D eigenvalue weighted by Gasteiger charge is 2.15. The number of ether oxygens (including phenoxy) is 1. The van der Waals surface area contributed by atoms with Crippen LogP contribution >= 0.6 is 0 Å². The highest BCUT2D eigenvalue weighted by atomic mass is 16.5. The molecule has 140 valence electrons. The number of carbonyl (C=O) groups excluding carboxylic acids is 3. The Balaban J connectivity index is 1.69. The van der Waals surface area contributed by atoms with Gasteiger partial charge in [0.1, 0.15) is 19.2 Å². The quantitative estimate of drug-likeness (QED) is 0.553. The van der Waals surface area contributed by atoms with Gasteiger partial charge in [-0.3, -0.25) is 14.4 Å². The highest BCUT2D eigenvalue weighted by molar-refractivity contribution is 5.95. The third-order valence-corrected chi connectivity index (χ3v) is 3.63. The van der Waals surface area contributed by atoms with Crippen LogP contribution in [0, 0.1) is 0 Å². The van der Waals surface area contributed by atoms with E-state index in [0.717, 1.165) is 11.1 Å².